The summed E-state index contributed by atoms with van der Waals surface area (Å²) in [5.74, 6) is -0.127. The predicted octanol–water partition coefficient (Wildman–Crippen LogP) is 3.53. The lowest BCUT2D eigenvalue weighted by Gasteiger charge is -2.31. The summed E-state index contributed by atoms with van der Waals surface area (Å²) in [7, 11) is 2.09. The quantitative estimate of drug-likeness (QED) is 0.550. The molecule has 1 amide bonds. The van der Waals surface area contributed by atoms with Crippen molar-refractivity contribution < 1.29 is 9.90 Å². The summed E-state index contributed by atoms with van der Waals surface area (Å²) in [5, 5.41) is 12.5. The Morgan fingerprint density at radius 1 is 1.09 bits per heavy atom. The Labute approximate surface area is 200 Å². The SMILES string of the molecule is CCN(CCN(C)Cc1ccc(Cl)cc1)[C@@H]1CN(C(=O)c2ccc3ccccc3n2)C[C@H]1O. The first kappa shape index (κ1) is 23.6. The number of para-hydroxylation sites is 1. The average Bonchev–Trinajstić information content (AvgIpc) is 3.21. The van der Waals surface area contributed by atoms with E-state index in [0.29, 0.717) is 18.8 Å². The first-order valence-corrected chi connectivity index (χ1v) is 11.8. The van der Waals surface area contributed by atoms with Crippen molar-refractivity contribution >= 4 is 28.4 Å². The van der Waals surface area contributed by atoms with E-state index >= 15 is 0 Å². The maximum Gasteiger partial charge on any atom is 0.272 e. The van der Waals surface area contributed by atoms with Crippen LogP contribution in [-0.2, 0) is 6.54 Å². The zero-order valence-electron chi connectivity index (χ0n) is 19.2. The lowest BCUT2D eigenvalue weighted by atomic mass is 10.1. The third-order valence-corrected chi connectivity index (χ3v) is 6.63. The molecule has 1 fully saturated rings. The van der Waals surface area contributed by atoms with Gasteiger partial charge in [0.1, 0.15) is 5.69 Å². The number of halogens is 1. The van der Waals surface area contributed by atoms with Gasteiger partial charge in [0.2, 0.25) is 0 Å². The van der Waals surface area contributed by atoms with Crippen molar-refractivity contribution in [3.05, 3.63) is 76.9 Å². The molecule has 1 saturated heterocycles. The molecule has 1 aliphatic rings. The fourth-order valence-electron chi connectivity index (χ4n) is 4.48. The van der Waals surface area contributed by atoms with Gasteiger partial charge in [0.25, 0.3) is 5.91 Å². The van der Waals surface area contributed by atoms with E-state index in [9.17, 15) is 9.90 Å². The van der Waals surface area contributed by atoms with Gasteiger partial charge in [-0.3, -0.25) is 9.69 Å². The number of likely N-dealkylation sites (tertiary alicyclic amines) is 1. The minimum absolute atomic E-state index is 0.0802. The molecule has 4 rings (SSSR count). The second kappa shape index (κ2) is 10.6. The number of aliphatic hydroxyl groups is 1. The Balaban J connectivity index is 1.35. The van der Waals surface area contributed by atoms with Gasteiger partial charge in [-0.25, -0.2) is 4.98 Å². The van der Waals surface area contributed by atoms with E-state index in [-0.39, 0.29) is 11.9 Å². The van der Waals surface area contributed by atoms with Gasteiger partial charge in [-0.15, -0.1) is 0 Å². The van der Waals surface area contributed by atoms with Gasteiger partial charge >= 0.3 is 0 Å². The van der Waals surface area contributed by atoms with Crippen molar-refractivity contribution in [3.63, 3.8) is 0 Å². The molecule has 1 N–H and O–H groups in total. The number of β-amino-alcohol motifs (C(OH)–C–C–N with tert-alkyl or cyclic N) is 1. The van der Waals surface area contributed by atoms with Crippen molar-refractivity contribution in [2.24, 2.45) is 0 Å². The molecule has 2 heterocycles. The van der Waals surface area contributed by atoms with Gasteiger partial charge in [-0.2, -0.15) is 0 Å². The van der Waals surface area contributed by atoms with Crippen LogP contribution in [0, 0.1) is 0 Å². The summed E-state index contributed by atoms with van der Waals surface area (Å²) < 4.78 is 0. The number of nitrogens with zero attached hydrogens (tertiary/aromatic N) is 4. The second-order valence-electron chi connectivity index (χ2n) is 8.73. The van der Waals surface area contributed by atoms with Crippen LogP contribution in [0.25, 0.3) is 10.9 Å². The van der Waals surface area contributed by atoms with Crippen LogP contribution in [0.3, 0.4) is 0 Å². The Kier molecular flexibility index (Phi) is 7.60. The maximum atomic E-state index is 13.1. The van der Waals surface area contributed by atoms with Crippen molar-refractivity contribution in [2.75, 3.05) is 39.8 Å². The summed E-state index contributed by atoms with van der Waals surface area (Å²) in [5.41, 5.74) is 2.44. The zero-order valence-corrected chi connectivity index (χ0v) is 19.9. The molecule has 33 heavy (non-hydrogen) atoms. The molecular formula is C26H31ClN4O2. The average molecular weight is 467 g/mol. The summed E-state index contributed by atoms with van der Waals surface area (Å²) in [6.45, 7) is 6.25. The predicted molar refractivity (Wildman–Crippen MR) is 132 cm³/mol. The molecule has 7 heteroatoms. The number of fused-ring (bicyclic) bond motifs is 1. The monoisotopic (exact) mass is 466 g/mol. The molecular weight excluding hydrogens is 436 g/mol. The van der Waals surface area contributed by atoms with Crippen molar-refractivity contribution in [3.8, 4) is 0 Å². The number of amides is 1. The second-order valence-corrected chi connectivity index (χ2v) is 9.16. The van der Waals surface area contributed by atoms with Gasteiger partial charge in [0, 0.05) is 43.1 Å². The molecule has 0 unspecified atom stereocenters. The maximum absolute atomic E-state index is 13.1. The Morgan fingerprint density at radius 3 is 2.61 bits per heavy atom. The molecule has 0 saturated carbocycles. The molecule has 0 spiro atoms. The van der Waals surface area contributed by atoms with E-state index in [4.69, 9.17) is 11.6 Å². The Morgan fingerprint density at radius 2 is 1.85 bits per heavy atom. The first-order valence-electron chi connectivity index (χ1n) is 11.4. The van der Waals surface area contributed by atoms with E-state index in [1.807, 2.05) is 54.6 Å². The van der Waals surface area contributed by atoms with E-state index in [1.165, 1.54) is 5.56 Å². The number of pyridine rings is 1. The van der Waals surface area contributed by atoms with Crippen LogP contribution in [0.4, 0.5) is 0 Å². The molecule has 2 aromatic carbocycles. The fraction of sp³-hybridized carbons (Fsp3) is 0.385. The van der Waals surface area contributed by atoms with Crippen molar-refractivity contribution in [1.82, 2.24) is 19.7 Å². The third-order valence-electron chi connectivity index (χ3n) is 6.37. The largest absolute Gasteiger partial charge is 0.390 e. The standard InChI is InChI=1S/C26H31ClN4O2/c1-3-30(15-14-29(2)16-19-8-11-21(27)12-9-19)24-17-31(18-25(24)32)26(33)23-13-10-20-6-4-5-7-22(20)28-23/h4-13,24-25,32H,3,14-18H2,1-2H3/t24-,25-/m1/s1. The van der Waals surface area contributed by atoms with Gasteiger partial charge < -0.3 is 14.9 Å². The molecule has 0 aliphatic carbocycles. The van der Waals surface area contributed by atoms with E-state index in [1.54, 1.807) is 11.0 Å². The van der Waals surface area contributed by atoms with Crippen LogP contribution in [-0.4, -0.2) is 82.6 Å². The highest BCUT2D eigenvalue weighted by atomic mass is 35.5. The molecule has 1 aromatic heterocycles. The number of carbonyl (C=O) groups excluding carboxylic acids is 1. The van der Waals surface area contributed by atoms with Crippen LogP contribution in [0.1, 0.15) is 23.0 Å². The number of rotatable bonds is 8. The van der Waals surface area contributed by atoms with Gasteiger partial charge in [-0.1, -0.05) is 54.9 Å². The van der Waals surface area contributed by atoms with Gasteiger partial charge in [0.15, 0.2) is 0 Å². The zero-order chi connectivity index (χ0) is 23.4. The summed E-state index contributed by atoms with van der Waals surface area (Å²) >= 11 is 5.98. The molecule has 1 aliphatic heterocycles. The topological polar surface area (TPSA) is 59.9 Å². The number of benzene rings is 2. The molecule has 2 atom stereocenters. The summed E-state index contributed by atoms with van der Waals surface area (Å²) in [4.78, 5) is 23.9. The molecule has 3 aromatic rings. The molecule has 6 nitrogen and oxygen atoms in total. The molecule has 174 valence electrons. The van der Waals surface area contributed by atoms with Crippen LogP contribution in [0.2, 0.25) is 5.02 Å². The minimum atomic E-state index is -0.573. The minimum Gasteiger partial charge on any atom is -0.390 e. The van der Waals surface area contributed by atoms with Crippen LogP contribution in [0.5, 0.6) is 0 Å². The van der Waals surface area contributed by atoms with E-state index < -0.39 is 6.10 Å². The highest BCUT2D eigenvalue weighted by molar-refractivity contribution is 6.30. The highest BCUT2D eigenvalue weighted by Gasteiger charge is 2.37. The van der Waals surface area contributed by atoms with Crippen LogP contribution >= 0.6 is 11.6 Å². The van der Waals surface area contributed by atoms with Gasteiger partial charge in [-0.05, 0) is 43.4 Å². The van der Waals surface area contributed by atoms with Crippen LogP contribution < -0.4 is 0 Å². The first-order chi connectivity index (χ1) is 15.9. The number of aromatic nitrogens is 1. The van der Waals surface area contributed by atoms with Crippen molar-refractivity contribution in [1.29, 1.82) is 0 Å². The van der Waals surface area contributed by atoms with E-state index in [2.05, 4.69) is 28.8 Å². The summed E-state index contributed by atoms with van der Waals surface area (Å²) in [6, 6.07) is 19.3. The number of aliphatic hydroxyl groups excluding tert-OH is 1. The van der Waals surface area contributed by atoms with E-state index in [0.717, 1.165) is 42.1 Å². The molecule has 0 bridgehead atoms. The Bertz CT molecular complexity index is 1090. The van der Waals surface area contributed by atoms with Crippen LogP contribution in [0.15, 0.2) is 60.7 Å². The van der Waals surface area contributed by atoms with Gasteiger partial charge in [0.05, 0.1) is 17.7 Å². The lowest BCUT2D eigenvalue weighted by molar-refractivity contribution is 0.0752. The number of hydrogen-bond acceptors (Lipinski definition) is 5. The smallest absolute Gasteiger partial charge is 0.272 e. The fourth-order valence-corrected chi connectivity index (χ4v) is 4.61. The molecule has 0 radical (unpaired) electrons. The lowest BCUT2D eigenvalue weighted by Crippen LogP contribution is -2.46. The normalized spacial score (nSPS) is 18.5. The number of carbonyl (C=O) groups is 1. The number of hydrogen-bond donors (Lipinski definition) is 1. The Hall–Kier alpha value is -2.51. The third kappa shape index (κ3) is 5.71. The van der Waals surface area contributed by atoms with Crippen molar-refractivity contribution in [2.45, 2.75) is 25.6 Å². The number of likely N-dealkylation sites (N-methyl/N-ethyl adjacent to an activating group) is 2. The summed E-state index contributed by atoms with van der Waals surface area (Å²) in [6.07, 6.45) is -0.573. The highest BCUT2D eigenvalue weighted by Crippen LogP contribution is 2.20.